The highest BCUT2D eigenvalue weighted by Crippen LogP contribution is 2.43. The fraction of sp³-hybridized carbons (Fsp3) is 0.111. The molecule has 1 aliphatic carbocycles. The van der Waals surface area contributed by atoms with E-state index < -0.39 is 0 Å². The van der Waals surface area contributed by atoms with Crippen LogP contribution in [0.25, 0.3) is 22.3 Å². The van der Waals surface area contributed by atoms with Crippen molar-refractivity contribution in [2.45, 2.75) is 12.8 Å². The zero-order valence-corrected chi connectivity index (χ0v) is 22.0. The minimum atomic E-state index is 0.230. The van der Waals surface area contributed by atoms with E-state index in [9.17, 15) is 5.11 Å². The summed E-state index contributed by atoms with van der Waals surface area (Å²) in [6.45, 7) is 0. The summed E-state index contributed by atoms with van der Waals surface area (Å²) in [4.78, 5) is 0. The lowest BCUT2D eigenvalue weighted by atomic mass is 9.86. The highest BCUT2D eigenvalue weighted by atomic mass is 16.5. The maximum absolute atomic E-state index is 9.65. The number of phenolic OH excluding ortho intramolecular Hbond substituents is 1. The number of phenols is 1. The molecule has 0 unspecified atom stereocenters. The van der Waals surface area contributed by atoms with Crippen molar-refractivity contribution >= 4 is 0 Å². The van der Waals surface area contributed by atoms with Crippen LogP contribution in [0.15, 0.2) is 103 Å². The van der Waals surface area contributed by atoms with Gasteiger partial charge in [-0.3, -0.25) is 0 Å². The van der Waals surface area contributed by atoms with Gasteiger partial charge >= 0.3 is 0 Å². The summed E-state index contributed by atoms with van der Waals surface area (Å²) in [6, 6.07) is 34.5. The molecule has 0 aliphatic heterocycles. The normalized spacial score (nSPS) is 11.2. The third-order valence-electron chi connectivity index (χ3n) is 7.37. The second-order valence-electron chi connectivity index (χ2n) is 9.68. The van der Waals surface area contributed by atoms with E-state index >= 15 is 0 Å². The van der Waals surface area contributed by atoms with Crippen molar-refractivity contribution in [1.82, 2.24) is 0 Å². The van der Waals surface area contributed by atoms with Crippen LogP contribution < -0.4 is 9.47 Å². The lowest BCUT2D eigenvalue weighted by molar-refractivity contribution is 0.414. The topological polar surface area (TPSA) is 38.7 Å². The van der Waals surface area contributed by atoms with Gasteiger partial charge < -0.3 is 14.6 Å². The van der Waals surface area contributed by atoms with E-state index in [1.165, 1.54) is 33.4 Å². The number of aromatic hydroxyl groups is 1. The zero-order valence-electron chi connectivity index (χ0n) is 22.0. The molecule has 0 fully saturated rings. The van der Waals surface area contributed by atoms with Crippen LogP contribution >= 0.6 is 0 Å². The van der Waals surface area contributed by atoms with Crippen LogP contribution in [0.1, 0.15) is 33.4 Å². The molecule has 6 rings (SSSR count). The highest BCUT2D eigenvalue weighted by Gasteiger charge is 2.24. The molecule has 1 aliphatic rings. The SMILES string of the molecule is COc1ccc(Cc2c(-c3cc(OC)ccc3C#Cc3ccc(O)cc3)ccc3c2Cc2ccccc2-3)cc1. The maximum Gasteiger partial charge on any atom is 0.119 e. The molecule has 0 aromatic heterocycles. The van der Waals surface area contributed by atoms with Gasteiger partial charge in [0.2, 0.25) is 0 Å². The van der Waals surface area contributed by atoms with Crippen molar-refractivity contribution < 1.29 is 14.6 Å². The number of hydrogen-bond acceptors (Lipinski definition) is 3. The first-order chi connectivity index (χ1) is 19.1. The van der Waals surface area contributed by atoms with Crippen molar-refractivity contribution in [2.75, 3.05) is 14.2 Å². The maximum atomic E-state index is 9.65. The van der Waals surface area contributed by atoms with Crippen molar-refractivity contribution in [3.8, 4) is 51.3 Å². The standard InChI is InChI=1S/C36H28O3/c1-38-29-16-10-25(11-17-29)21-35-33(20-19-32-31-6-4-3-5-27(31)22-36(32)35)34-23-30(39-2)18-13-26(34)12-7-24-8-14-28(37)15-9-24/h3-6,8-11,13-20,23,37H,21-22H2,1-2H3. The Labute approximate surface area is 229 Å². The molecule has 0 saturated heterocycles. The van der Waals surface area contributed by atoms with Crippen LogP contribution in [0.2, 0.25) is 0 Å². The van der Waals surface area contributed by atoms with Crippen LogP contribution in [-0.4, -0.2) is 19.3 Å². The molecule has 39 heavy (non-hydrogen) atoms. The Morgan fingerprint density at radius 2 is 1.38 bits per heavy atom. The summed E-state index contributed by atoms with van der Waals surface area (Å²) in [5.41, 5.74) is 11.8. The molecule has 0 amide bonds. The van der Waals surface area contributed by atoms with Gasteiger partial charge in [-0.25, -0.2) is 0 Å². The number of fused-ring (bicyclic) bond motifs is 3. The smallest absolute Gasteiger partial charge is 0.119 e. The number of hydrogen-bond donors (Lipinski definition) is 1. The Bertz CT molecular complexity index is 1720. The first-order valence-corrected chi connectivity index (χ1v) is 13.0. The average Bonchev–Trinajstić information content (AvgIpc) is 3.37. The van der Waals surface area contributed by atoms with Gasteiger partial charge in [-0.1, -0.05) is 60.4 Å². The summed E-state index contributed by atoms with van der Waals surface area (Å²) in [5.74, 6) is 8.53. The third kappa shape index (κ3) is 4.85. The molecule has 3 nitrogen and oxygen atoms in total. The van der Waals surface area contributed by atoms with Crippen molar-refractivity contribution in [3.63, 3.8) is 0 Å². The average molecular weight is 509 g/mol. The summed E-state index contributed by atoms with van der Waals surface area (Å²) >= 11 is 0. The number of benzene rings is 5. The summed E-state index contributed by atoms with van der Waals surface area (Å²) in [5, 5.41) is 9.65. The first-order valence-electron chi connectivity index (χ1n) is 13.0. The summed E-state index contributed by atoms with van der Waals surface area (Å²) < 4.78 is 11.0. The molecular weight excluding hydrogens is 480 g/mol. The molecule has 0 radical (unpaired) electrons. The molecule has 5 aromatic carbocycles. The van der Waals surface area contributed by atoms with Gasteiger partial charge in [0.25, 0.3) is 0 Å². The van der Waals surface area contributed by atoms with E-state index in [1.807, 2.05) is 36.4 Å². The van der Waals surface area contributed by atoms with Gasteiger partial charge in [-0.2, -0.15) is 0 Å². The van der Waals surface area contributed by atoms with Crippen LogP contribution in [0, 0.1) is 11.8 Å². The lowest BCUT2D eigenvalue weighted by Crippen LogP contribution is -2.00. The Hall–Kier alpha value is -4.94. The predicted octanol–water partition coefficient (Wildman–Crippen LogP) is 7.64. The Morgan fingerprint density at radius 1 is 0.667 bits per heavy atom. The molecule has 3 heteroatoms. The van der Waals surface area contributed by atoms with Gasteiger partial charge in [0.1, 0.15) is 17.2 Å². The fourth-order valence-electron chi connectivity index (χ4n) is 5.34. The summed E-state index contributed by atoms with van der Waals surface area (Å²) in [6.07, 6.45) is 1.70. The largest absolute Gasteiger partial charge is 0.508 e. The van der Waals surface area contributed by atoms with Crippen molar-refractivity contribution in [3.05, 3.63) is 137 Å². The van der Waals surface area contributed by atoms with E-state index in [0.29, 0.717) is 0 Å². The molecular formula is C36H28O3. The van der Waals surface area contributed by atoms with E-state index in [1.54, 1.807) is 26.4 Å². The molecule has 0 spiro atoms. The molecule has 190 valence electrons. The number of ether oxygens (including phenoxy) is 2. The summed E-state index contributed by atoms with van der Waals surface area (Å²) in [7, 11) is 3.39. The van der Waals surface area contributed by atoms with Crippen molar-refractivity contribution in [1.29, 1.82) is 0 Å². The van der Waals surface area contributed by atoms with Gasteiger partial charge in [0, 0.05) is 16.7 Å². The van der Waals surface area contributed by atoms with Crippen molar-refractivity contribution in [2.24, 2.45) is 0 Å². The van der Waals surface area contributed by atoms with Crippen LogP contribution in [0.4, 0.5) is 0 Å². The van der Waals surface area contributed by atoms with Gasteiger partial charge in [-0.05, 0) is 106 Å². The number of methoxy groups -OCH3 is 2. The van der Waals surface area contributed by atoms with Gasteiger partial charge in [0.05, 0.1) is 14.2 Å². The van der Waals surface area contributed by atoms with E-state index in [0.717, 1.165) is 46.6 Å². The first kappa shape index (κ1) is 24.4. The Morgan fingerprint density at radius 3 is 2.15 bits per heavy atom. The fourth-order valence-corrected chi connectivity index (χ4v) is 5.34. The van der Waals surface area contributed by atoms with Crippen LogP contribution in [0.5, 0.6) is 17.2 Å². The van der Waals surface area contributed by atoms with Crippen LogP contribution in [-0.2, 0) is 12.8 Å². The molecule has 0 atom stereocenters. The molecule has 1 N–H and O–H groups in total. The minimum Gasteiger partial charge on any atom is -0.508 e. The molecule has 0 saturated carbocycles. The quantitative estimate of drug-likeness (QED) is 0.243. The van der Waals surface area contributed by atoms with E-state index in [2.05, 4.69) is 66.4 Å². The van der Waals surface area contributed by atoms with E-state index in [4.69, 9.17) is 9.47 Å². The molecule has 0 heterocycles. The predicted molar refractivity (Wildman–Crippen MR) is 157 cm³/mol. The molecule has 5 aromatic rings. The highest BCUT2D eigenvalue weighted by molar-refractivity contribution is 5.85. The van der Waals surface area contributed by atoms with Gasteiger partial charge in [0.15, 0.2) is 0 Å². The van der Waals surface area contributed by atoms with Crippen LogP contribution in [0.3, 0.4) is 0 Å². The molecule has 0 bridgehead atoms. The van der Waals surface area contributed by atoms with Gasteiger partial charge in [-0.15, -0.1) is 0 Å². The monoisotopic (exact) mass is 508 g/mol. The Balaban J connectivity index is 1.52. The minimum absolute atomic E-state index is 0.230. The second-order valence-corrected chi connectivity index (χ2v) is 9.68. The Kier molecular flexibility index (Phi) is 6.53. The third-order valence-corrected chi connectivity index (χ3v) is 7.37. The zero-order chi connectivity index (χ0) is 26.8. The lowest BCUT2D eigenvalue weighted by Gasteiger charge is -2.18. The second kappa shape index (κ2) is 10.4. The number of rotatable bonds is 5. The van der Waals surface area contributed by atoms with E-state index in [-0.39, 0.29) is 5.75 Å².